The smallest absolute Gasteiger partial charge is 0.282 e. The van der Waals surface area contributed by atoms with Crippen LogP contribution in [0.5, 0.6) is 0 Å². The second-order valence-corrected chi connectivity index (χ2v) is 6.26. The minimum atomic E-state index is -0.113. The van der Waals surface area contributed by atoms with Crippen LogP contribution in [-0.4, -0.2) is 46.0 Å². The van der Waals surface area contributed by atoms with Gasteiger partial charge in [0, 0.05) is 45.8 Å². The first-order valence-corrected chi connectivity index (χ1v) is 7.95. The molecule has 0 radical (unpaired) electrons. The van der Waals surface area contributed by atoms with Gasteiger partial charge in [-0.2, -0.15) is 5.10 Å². The number of rotatable bonds is 3. The molecular weight excluding hydrogens is 350 g/mol. The lowest BCUT2D eigenvalue weighted by Crippen LogP contribution is -2.46. The first-order chi connectivity index (χ1) is 10.5. The Bertz CT molecular complexity index is 718. The Balaban J connectivity index is 1.64. The van der Waals surface area contributed by atoms with E-state index in [2.05, 4.69) is 36.0 Å². The summed E-state index contributed by atoms with van der Waals surface area (Å²) < 4.78 is 7.00. The van der Waals surface area contributed by atoms with E-state index in [0.717, 1.165) is 49.9 Å². The molecule has 0 unspecified atom stereocenters. The Labute approximate surface area is 136 Å². The summed E-state index contributed by atoms with van der Waals surface area (Å²) in [6.07, 6.45) is 1.74. The fraction of sp³-hybridized carbons (Fsp3) is 0.500. The summed E-state index contributed by atoms with van der Waals surface area (Å²) in [5, 5.41) is 8.13. The summed E-state index contributed by atoms with van der Waals surface area (Å²) in [7, 11) is 1.65. The molecule has 0 amide bonds. The summed E-state index contributed by atoms with van der Waals surface area (Å²) in [5.41, 5.74) is 1.71. The van der Waals surface area contributed by atoms with Crippen molar-refractivity contribution < 1.29 is 4.52 Å². The van der Waals surface area contributed by atoms with Crippen molar-refractivity contribution in [2.24, 2.45) is 7.05 Å². The molecule has 2 aromatic heterocycles. The lowest BCUT2D eigenvalue weighted by atomic mass is 10.2. The Hall–Kier alpha value is -1.67. The van der Waals surface area contributed by atoms with Crippen LogP contribution in [0.25, 0.3) is 0 Å². The average Bonchev–Trinajstić information content (AvgIpc) is 2.91. The molecule has 2 aromatic rings. The fourth-order valence-corrected chi connectivity index (χ4v) is 3.20. The van der Waals surface area contributed by atoms with E-state index in [-0.39, 0.29) is 5.56 Å². The number of nitrogens with zero attached hydrogens (tertiary/aromatic N) is 5. The lowest BCUT2D eigenvalue weighted by molar-refractivity contribution is 0.241. The largest absolute Gasteiger partial charge is 0.367 e. The van der Waals surface area contributed by atoms with E-state index in [9.17, 15) is 4.79 Å². The van der Waals surface area contributed by atoms with E-state index < -0.39 is 0 Å². The number of halogens is 1. The van der Waals surface area contributed by atoms with Gasteiger partial charge in [0.25, 0.3) is 5.56 Å². The number of piperazine rings is 1. The molecule has 1 aliphatic rings. The average molecular weight is 368 g/mol. The standard InChI is InChI=1S/C14H18BrN5O2/c1-10-7-11(17-22-10)9-19-3-5-20(6-4-19)12-8-16-18(2)14(21)13(12)15/h7-8H,3-6,9H2,1-2H3. The molecule has 3 heterocycles. The number of aromatic nitrogens is 3. The van der Waals surface area contributed by atoms with Crippen LogP contribution in [0.3, 0.4) is 0 Å². The van der Waals surface area contributed by atoms with E-state index in [0.29, 0.717) is 4.47 Å². The maximum absolute atomic E-state index is 11.9. The van der Waals surface area contributed by atoms with Crippen molar-refractivity contribution in [3.05, 3.63) is 38.5 Å². The summed E-state index contributed by atoms with van der Waals surface area (Å²) in [4.78, 5) is 16.5. The molecular formula is C14H18BrN5O2. The van der Waals surface area contributed by atoms with Crippen LogP contribution in [0, 0.1) is 6.92 Å². The van der Waals surface area contributed by atoms with E-state index in [4.69, 9.17) is 4.52 Å². The lowest BCUT2D eigenvalue weighted by Gasteiger charge is -2.35. The topological polar surface area (TPSA) is 67.4 Å². The minimum Gasteiger partial charge on any atom is -0.367 e. The number of aryl methyl sites for hydroxylation is 2. The second-order valence-electron chi connectivity index (χ2n) is 5.46. The van der Waals surface area contributed by atoms with Crippen molar-refractivity contribution in [1.29, 1.82) is 0 Å². The van der Waals surface area contributed by atoms with Gasteiger partial charge in [-0.1, -0.05) is 5.16 Å². The molecule has 0 N–H and O–H groups in total. The van der Waals surface area contributed by atoms with Gasteiger partial charge in [0.2, 0.25) is 0 Å². The summed E-state index contributed by atoms with van der Waals surface area (Å²) in [6, 6.07) is 1.97. The highest BCUT2D eigenvalue weighted by Crippen LogP contribution is 2.23. The Morgan fingerprint density at radius 2 is 2.05 bits per heavy atom. The molecule has 8 heteroatoms. The quantitative estimate of drug-likeness (QED) is 0.810. The summed E-state index contributed by atoms with van der Waals surface area (Å²) >= 11 is 3.39. The van der Waals surface area contributed by atoms with Crippen LogP contribution >= 0.6 is 15.9 Å². The van der Waals surface area contributed by atoms with Gasteiger partial charge in [-0.15, -0.1) is 0 Å². The van der Waals surface area contributed by atoms with E-state index in [1.807, 2.05) is 13.0 Å². The molecule has 118 valence electrons. The molecule has 0 spiro atoms. The summed E-state index contributed by atoms with van der Waals surface area (Å²) in [5.74, 6) is 0.837. The highest BCUT2D eigenvalue weighted by atomic mass is 79.9. The van der Waals surface area contributed by atoms with Crippen LogP contribution in [0.2, 0.25) is 0 Å². The SMILES string of the molecule is Cc1cc(CN2CCN(c3cnn(C)c(=O)c3Br)CC2)no1. The molecule has 7 nitrogen and oxygen atoms in total. The normalized spacial score (nSPS) is 16.2. The van der Waals surface area contributed by atoms with Crippen LogP contribution < -0.4 is 10.5 Å². The molecule has 3 rings (SSSR count). The van der Waals surface area contributed by atoms with Crippen molar-refractivity contribution in [3.63, 3.8) is 0 Å². The maximum Gasteiger partial charge on any atom is 0.282 e. The third-order valence-electron chi connectivity index (χ3n) is 3.84. The maximum atomic E-state index is 11.9. The van der Waals surface area contributed by atoms with E-state index in [1.54, 1.807) is 13.2 Å². The third-order valence-corrected chi connectivity index (χ3v) is 4.58. The number of anilines is 1. The van der Waals surface area contributed by atoms with Gasteiger partial charge in [0.05, 0.1) is 17.6 Å². The molecule has 0 aliphatic carbocycles. The van der Waals surface area contributed by atoms with Crippen LogP contribution in [0.4, 0.5) is 5.69 Å². The van der Waals surface area contributed by atoms with Gasteiger partial charge >= 0.3 is 0 Å². The first-order valence-electron chi connectivity index (χ1n) is 7.16. The Morgan fingerprint density at radius 1 is 1.32 bits per heavy atom. The molecule has 1 saturated heterocycles. The molecule has 0 aromatic carbocycles. The van der Waals surface area contributed by atoms with Crippen molar-refractivity contribution in [3.8, 4) is 0 Å². The zero-order valence-corrected chi connectivity index (χ0v) is 14.2. The van der Waals surface area contributed by atoms with Gasteiger partial charge in [-0.3, -0.25) is 9.69 Å². The molecule has 1 fully saturated rings. The third kappa shape index (κ3) is 3.07. The van der Waals surface area contributed by atoms with Gasteiger partial charge in [0.15, 0.2) is 0 Å². The van der Waals surface area contributed by atoms with Crippen molar-refractivity contribution >= 4 is 21.6 Å². The highest BCUT2D eigenvalue weighted by Gasteiger charge is 2.21. The predicted octanol–water partition coefficient (Wildman–Crippen LogP) is 1.16. The zero-order chi connectivity index (χ0) is 15.7. The summed E-state index contributed by atoms with van der Waals surface area (Å²) in [6.45, 7) is 6.21. The van der Waals surface area contributed by atoms with Crippen LogP contribution in [0.1, 0.15) is 11.5 Å². The molecule has 22 heavy (non-hydrogen) atoms. The van der Waals surface area contributed by atoms with E-state index >= 15 is 0 Å². The van der Waals surface area contributed by atoms with Crippen molar-refractivity contribution in [2.45, 2.75) is 13.5 Å². The van der Waals surface area contributed by atoms with Crippen LogP contribution in [0.15, 0.2) is 26.1 Å². The van der Waals surface area contributed by atoms with E-state index in [1.165, 1.54) is 4.68 Å². The monoisotopic (exact) mass is 367 g/mol. The minimum absolute atomic E-state index is 0.113. The Kier molecular flexibility index (Phi) is 4.30. The second kappa shape index (κ2) is 6.21. The fourth-order valence-electron chi connectivity index (χ4n) is 2.59. The highest BCUT2D eigenvalue weighted by molar-refractivity contribution is 9.10. The number of hydrogen-bond donors (Lipinski definition) is 0. The van der Waals surface area contributed by atoms with Crippen molar-refractivity contribution in [2.75, 3.05) is 31.1 Å². The zero-order valence-electron chi connectivity index (χ0n) is 12.6. The predicted molar refractivity (Wildman–Crippen MR) is 85.9 cm³/mol. The molecule has 0 atom stereocenters. The van der Waals surface area contributed by atoms with Gasteiger partial charge in [-0.05, 0) is 22.9 Å². The van der Waals surface area contributed by atoms with Gasteiger partial charge in [0.1, 0.15) is 10.2 Å². The number of hydrogen-bond acceptors (Lipinski definition) is 6. The first kappa shape index (κ1) is 15.2. The molecule has 0 bridgehead atoms. The van der Waals surface area contributed by atoms with Crippen LogP contribution in [-0.2, 0) is 13.6 Å². The molecule has 1 aliphatic heterocycles. The van der Waals surface area contributed by atoms with Gasteiger partial charge < -0.3 is 9.42 Å². The van der Waals surface area contributed by atoms with Crippen molar-refractivity contribution in [1.82, 2.24) is 19.8 Å². The Morgan fingerprint density at radius 3 is 2.68 bits per heavy atom. The molecule has 0 saturated carbocycles. The van der Waals surface area contributed by atoms with Gasteiger partial charge in [-0.25, -0.2) is 4.68 Å².